The summed E-state index contributed by atoms with van der Waals surface area (Å²) in [7, 11) is 0. The fourth-order valence-corrected chi connectivity index (χ4v) is 3.92. The van der Waals surface area contributed by atoms with Gasteiger partial charge in [-0.3, -0.25) is 4.90 Å². The maximum Gasteiger partial charge on any atom is 0.0669 e. The second kappa shape index (κ2) is 13.8. The van der Waals surface area contributed by atoms with Crippen LogP contribution in [0.3, 0.4) is 0 Å². The second-order valence-electron chi connectivity index (χ2n) is 7.52. The predicted molar refractivity (Wildman–Crippen MR) is 100 cm³/mol. The van der Waals surface area contributed by atoms with E-state index in [9.17, 15) is 5.26 Å². The molecule has 1 aliphatic rings. The fourth-order valence-electron chi connectivity index (χ4n) is 3.92. The van der Waals surface area contributed by atoms with Gasteiger partial charge in [-0.05, 0) is 32.2 Å². The van der Waals surface area contributed by atoms with Crippen molar-refractivity contribution in [3.63, 3.8) is 0 Å². The molecule has 0 aromatic heterocycles. The standard InChI is InChI=1S/C21H40N2/c1-3-5-7-9-11-15-21(16-12-10-8-6-4-2)23-17-13-14-20(18-22)19-23/h20-21H,3-17,19H2,1-2H3. The molecule has 0 aromatic carbocycles. The van der Waals surface area contributed by atoms with Crippen LogP contribution in [0.2, 0.25) is 0 Å². The smallest absolute Gasteiger partial charge is 0.0669 e. The van der Waals surface area contributed by atoms with Gasteiger partial charge in [0.05, 0.1) is 12.0 Å². The highest BCUT2D eigenvalue weighted by Crippen LogP contribution is 2.24. The van der Waals surface area contributed by atoms with Crippen LogP contribution in [0, 0.1) is 17.2 Å². The molecule has 0 radical (unpaired) electrons. The Labute approximate surface area is 145 Å². The van der Waals surface area contributed by atoms with E-state index in [1.54, 1.807) is 0 Å². The van der Waals surface area contributed by atoms with Crippen LogP contribution in [0.5, 0.6) is 0 Å². The minimum Gasteiger partial charge on any atom is -0.299 e. The second-order valence-corrected chi connectivity index (χ2v) is 7.52. The summed E-state index contributed by atoms with van der Waals surface area (Å²) in [6, 6.07) is 3.26. The third-order valence-corrected chi connectivity index (χ3v) is 5.43. The van der Waals surface area contributed by atoms with Crippen LogP contribution in [0.4, 0.5) is 0 Å². The number of unbranched alkanes of at least 4 members (excludes halogenated alkanes) is 8. The van der Waals surface area contributed by atoms with Crippen molar-refractivity contribution in [2.45, 2.75) is 110 Å². The first-order valence-electron chi connectivity index (χ1n) is 10.5. The summed E-state index contributed by atoms with van der Waals surface area (Å²) in [5, 5.41) is 9.26. The van der Waals surface area contributed by atoms with Crippen molar-refractivity contribution in [2.24, 2.45) is 5.92 Å². The number of rotatable bonds is 13. The normalized spacial score (nSPS) is 19.1. The third kappa shape index (κ3) is 9.36. The molecule has 1 rings (SSSR count). The molecule has 0 spiro atoms. The first-order valence-corrected chi connectivity index (χ1v) is 10.5. The number of nitrogens with zero attached hydrogens (tertiary/aromatic N) is 2. The van der Waals surface area contributed by atoms with Gasteiger partial charge >= 0.3 is 0 Å². The zero-order chi connectivity index (χ0) is 16.8. The van der Waals surface area contributed by atoms with E-state index < -0.39 is 0 Å². The summed E-state index contributed by atoms with van der Waals surface area (Å²) in [5.41, 5.74) is 0. The van der Waals surface area contributed by atoms with Crippen molar-refractivity contribution in [1.82, 2.24) is 4.90 Å². The molecule has 1 unspecified atom stereocenters. The van der Waals surface area contributed by atoms with E-state index in [-0.39, 0.29) is 5.92 Å². The lowest BCUT2D eigenvalue weighted by Gasteiger charge is -2.36. The summed E-state index contributed by atoms with van der Waals surface area (Å²) in [6.45, 7) is 6.83. The van der Waals surface area contributed by atoms with Gasteiger partial charge in [-0.25, -0.2) is 0 Å². The van der Waals surface area contributed by atoms with Crippen LogP contribution in [0.15, 0.2) is 0 Å². The molecular weight excluding hydrogens is 280 g/mol. The molecular formula is C21H40N2. The summed E-state index contributed by atoms with van der Waals surface area (Å²) in [6.07, 6.45) is 18.9. The molecule has 0 aliphatic carbocycles. The lowest BCUT2D eigenvalue weighted by atomic mass is 9.93. The van der Waals surface area contributed by atoms with Crippen molar-refractivity contribution in [3.05, 3.63) is 0 Å². The highest BCUT2D eigenvalue weighted by Gasteiger charge is 2.25. The Morgan fingerprint density at radius 2 is 1.48 bits per heavy atom. The van der Waals surface area contributed by atoms with Gasteiger partial charge in [0.2, 0.25) is 0 Å². The Bertz CT molecular complexity index is 293. The van der Waals surface area contributed by atoms with E-state index in [1.807, 2.05) is 0 Å². The molecule has 0 saturated carbocycles. The van der Waals surface area contributed by atoms with Gasteiger partial charge in [0.25, 0.3) is 0 Å². The first kappa shape index (κ1) is 20.5. The molecule has 134 valence electrons. The van der Waals surface area contributed by atoms with Crippen molar-refractivity contribution in [3.8, 4) is 6.07 Å². The summed E-state index contributed by atoms with van der Waals surface area (Å²) >= 11 is 0. The molecule has 1 heterocycles. The van der Waals surface area contributed by atoms with Crippen LogP contribution in [-0.2, 0) is 0 Å². The van der Waals surface area contributed by atoms with Crippen LogP contribution < -0.4 is 0 Å². The molecule has 1 aliphatic heterocycles. The largest absolute Gasteiger partial charge is 0.299 e. The van der Waals surface area contributed by atoms with Crippen LogP contribution >= 0.6 is 0 Å². The quantitative estimate of drug-likeness (QED) is 0.372. The average Bonchev–Trinajstić information content (AvgIpc) is 2.59. The van der Waals surface area contributed by atoms with Crippen LogP contribution in [0.25, 0.3) is 0 Å². The third-order valence-electron chi connectivity index (χ3n) is 5.43. The van der Waals surface area contributed by atoms with Crippen LogP contribution in [0.1, 0.15) is 104 Å². The number of likely N-dealkylation sites (tertiary alicyclic amines) is 1. The van der Waals surface area contributed by atoms with Crippen LogP contribution in [-0.4, -0.2) is 24.0 Å². The topological polar surface area (TPSA) is 27.0 Å². The van der Waals surface area contributed by atoms with Crippen molar-refractivity contribution >= 4 is 0 Å². The monoisotopic (exact) mass is 320 g/mol. The van der Waals surface area contributed by atoms with Gasteiger partial charge in [-0.1, -0.05) is 78.1 Å². The van der Waals surface area contributed by atoms with Crippen molar-refractivity contribution < 1.29 is 0 Å². The Morgan fingerprint density at radius 1 is 0.913 bits per heavy atom. The zero-order valence-electron chi connectivity index (χ0n) is 15.9. The molecule has 0 amide bonds. The lowest BCUT2D eigenvalue weighted by Crippen LogP contribution is -2.42. The summed E-state index contributed by atoms with van der Waals surface area (Å²) in [5.74, 6) is 0.284. The molecule has 1 saturated heterocycles. The van der Waals surface area contributed by atoms with E-state index in [2.05, 4.69) is 24.8 Å². The Kier molecular flexibility index (Phi) is 12.3. The molecule has 2 heteroatoms. The minimum absolute atomic E-state index is 0.284. The maximum atomic E-state index is 9.26. The number of nitriles is 1. The van der Waals surface area contributed by atoms with Gasteiger partial charge in [0.15, 0.2) is 0 Å². The molecule has 23 heavy (non-hydrogen) atoms. The molecule has 2 nitrogen and oxygen atoms in total. The number of piperidine rings is 1. The molecule has 1 atom stereocenters. The van der Waals surface area contributed by atoms with Gasteiger partial charge in [-0.2, -0.15) is 5.26 Å². The van der Waals surface area contributed by atoms with Gasteiger partial charge in [0.1, 0.15) is 0 Å². The van der Waals surface area contributed by atoms with Gasteiger partial charge < -0.3 is 0 Å². The van der Waals surface area contributed by atoms with E-state index in [4.69, 9.17) is 0 Å². The molecule has 0 bridgehead atoms. The molecule has 1 fully saturated rings. The predicted octanol–water partition coefficient (Wildman–Crippen LogP) is 6.31. The maximum absolute atomic E-state index is 9.26. The van der Waals surface area contributed by atoms with Gasteiger partial charge in [0, 0.05) is 12.6 Å². The summed E-state index contributed by atoms with van der Waals surface area (Å²) in [4.78, 5) is 2.66. The minimum atomic E-state index is 0.284. The Hall–Kier alpha value is -0.550. The first-order chi connectivity index (χ1) is 11.3. The van der Waals surface area contributed by atoms with E-state index in [0.717, 1.165) is 19.0 Å². The number of hydrogen-bond donors (Lipinski definition) is 0. The average molecular weight is 321 g/mol. The summed E-state index contributed by atoms with van der Waals surface area (Å²) < 4.78 is 0. The number of hydrogen-bond acceptors (Lipinski definition) is 2. The Morgan fingerprint density at radius 3 is 2.00 bits per heavy atom. The molecule has 0 aromatic rings. The van der Waals surface area contributed by atoms with Gasteiger partial charge in [-0.15, -0.1) is 0 Å². The van der Waals surface area contributed by atoms with Crippen molar-refractivity contribution in [1.29, 1.82) is 5.26 Å². The van der Waals surface area contributed by atoms with E-state index in [0.29, 0.717) is 0 Å². The SMILES string of the molecule is CCCCCCCC(CCCCCCC)N1CCCC(C#N)C1. The molecule has 0 N–H and O–H groups in total. The highest BCUT2D eigenvalue weighted by molar-refractivity contribution is 4.90. The Balaban J connectivity index is 2.35. The van der Waals surface area contributed by atoms with E-state index in [1.165, 1.54) is 90.0 Å². The lowest BCUT2D eigenvalue weighted by molar-refractivity contribution is 0.123. The highest BCUT2D eigenvalue weighted by atomic mass is 15.2. The fraction of sp³-hybridized carbons (Fsp3) is 0.952. The van der Waals surface area contributed by atoms with Crippen molar-refractivity contribution in [2.75, 3.05) is 13.1 Å². The van der Waals surface area contributed by atoms with E-state index >= 15 is 0 Å². The zero-order valence-corrected chi connectivity index (χ0v) is 15.9.